The minimum atomic E-state index is -1.29. The van der Waals surface area contributed by atoms with Crippen LogP contribution in [0.4, 0.5) is 10.1 Å². The van der Waals surface area contributed by atoms with E-state index in [1.54, 1.807) is 0 Å². The molecule has 7 heteroatoms. The van der Waals surface area contributed by atoms with E-state index in [1.165, 1.54) is 12.3 Å². The van der Waals surface area contributed by atoms with Gasteiger partial charge < -0.3 is 19.5 Å². The first-order valence-corrected chi connectivity index (χ1v) is 11.0. The number of benzene rings is 1. The van der Waals surface area contributed by atoms with Gasteiger partial charge in [0, 0.05) is 44.8 Å². The lowest BCUT2D eigenvalue weighted by Crippen LogP contribution is -2.45. The Morgan fingerprint density at radius 3 is 2.58 bits per heavy atom. The van der Waals surface area contributed by atoms with Crippen molar-refractivity contribution in [3.63, 3.8) is 0 Å². The summed E-state index contributed by atoms with van der Waals surface area (Å²) in [4.78, 5) is 28.8. The maximum Gasteiger partial charge on any atom is 0.341 e. The highest BCUT2D eigenvalue weighted by Crippen LogP contribution is 2.40. The Kier molecular flexibility index (Phi) is 6.01. The maximum atomic E-state index is 15.5. The van der Waals surface area contributed by atoms with E-state index in [0.29, 0.717) is 36.3 Å². The third kappa shape index (κ3) is 4.17. The van der Waals surface area contributed by atoms with Gasteiger partial charge in [-0.2, -0.15) is 0 Å². The van der Waals surface area contributed by atoms with Crippen LogP contribution < -0.4 is 10.3 Å². The first-order chi connectivity index (χ1) is 14.9. The Labute approximate surface area is 181 Å². The minimum Gasteiger partial charge on any atom is -0.477 e. The number of piperazine rings is 1. The maximum absolute atomic E-state index is 15.5. The van der Waals surface area contributed by atoms with Crippen LogP contribution in [0, 0.1) is 17.7 Å². The summed E-state index contributed by atoms with van der Waals surface area (Å²) < 4.78 is 17.3. The number of likely N-dealkylation sites (N-methyl/N-ethyl adjacent to an activating group) is 1. The number of fused-ring (bicyclic) bond motifs is 1. The van der Waals surface area contributed by atoms with Gasteiger partial charge in [0.05, 0.1) is 22.2 Å². The van der Waals surface area contributed by atoms with E-state index < -0.39 is 17.2 Å². The molecule has 31 heavy (non-hydrogen) atoms. The number of aromatic nitrogens is 1. The lowest BCUT2D eigenvalue weighted by atomic mass is 10.0. The molecule has 2 aromatic rings. The molecule has 0 bridgehead atoms. The predicted molar refractivity (Wildman–Crippen MR) is 120 cm³/mol. The van der Waals surface area contributed by atoms with E-state index in [0.717, 1.165) is 38.8 Å². The summed E-state index contributed by atoms with van der Waals surface area (Å²) in [6, 6.07) is 1.33. The zero-order chi connectivity index (χ0) is 22.1. The van der Waals surface area contributed by atoms with Gasteiger partial charge in [0.1, 0.15) is 11.4 Å². The van der Waals surface area contributed by atoms with Gasteiger partial charge in [0.25, 0.3) is 0 Å². The molecular weight excluding hydrogens is 397 g/mol. The molecule has 1 saturated heterocycles. The van der Waals surface area contributed by atoms with Crippen molar-refractivity contribution in [3.05, 3.63) is 39.4 Å². The number of unbranched alkanes of at least 4 members (excludes halogenated alkanes) is 2. The second kappa shape index (κ2) is 8.72. The predicted octanol–water partition coefficient (Wildman–Crippen LogP) is 3.47. The number of nitrogens with zero attached hydrogens (tertiary/aromatic N) is 3. The number of carboxylic acid groups (broad SMARTS) is 1. The molecule has 2 fully saturated rings. The van der Waals surface area contributed by atoms with Crippen LogP contribution in [0.2, 0.25) is 0 Å². The number of carbonyl (C=O) groups is 1. The van der Waals surface area contributed by atoms with Crippen LogP contribution in [-0.2, 0) is 0 Å². The molecule has 0 amide bonds. The van der Waals surface area contributed by atoms with Gasteiger partial charge in [-0.05, 0) is 32.4 Å². The van der Waals surface area contributed by atoms with Gasteiger partial charge >= 0.3 is 5.97 Å². The lowest BCUT2D eigenvalue weighted by Gasteiger charge is -2.35. The third-order valence-electron chi connectivity index (χ3n) is 6.10. The van der Waals surface area contributed by atoms with Crippen LogP contribution in [0.5, 0.6) is 0 Å². The van der Waals surface area contributed by atoms with Crippen molar-refractivity contribution in [2.24, 2.45) is 0 Å². The highest BCUT2D eigenvalue weighted by molar-refractivity contribution is 5.97. The second-order valence-electron chi connectivity index (χ2n) is 8.49. The number of pyridine rings is 1. The number of carboxylic acids is 1. The molecule has 1 aromatic carbocycles. The second-order valence-corrected chi connectivity index (χ2v) is 8.49. The van der Waals surface area contributed by atoms with Crippen molar-refractivity contribution in [2.75, 3.05) is 38.1 Å². The molecule has 1 aliphatic carbocycles. The minimum absolute atomic E-state index is 0.0990. The van der Waals surface area contributed by atoms with Crippen LogP contribution in [0.1, 0.15) is 61.0 Å². The van der Waals surface area contributed by atoms with Gasteiger partial charge in [-0.25, -0.2) is 9.18 Å². The highest BCUT2D eigenvalue weighted by Gasteiger charge is 2.30. The standard InChI is InChI=1S/C24H28FN3O3/c1-3-4-5-6-7-17-21-18(14-20(25)22(17)27-12-10-26(2)11-13-27)23(29)19(24(30)31)15-28(21)16-8-9-16/h14-16H,3-5,8-13H2,1-2H3,(H,30,31). The lowest BCUT2D eigenvalue weighted by molar-refractivity contribution is 0.0695. The van der Waals surface area contributed by atoms with Crippen molar-refractivity contribution in [2.45, 2.75) is 45.1 Å². The number of hydrogen-bond acceptors (Lipinski definition) is 4. The van der Waals surface area contributed by atoms with Gasteiger partial charge in [-0.15, -0.1) is 0 Å². The highest BCUT2D eigenvalue weighted by atomic mass is 19.1. The zero-order valence-electron chi connectivity index (χ0n) is 18.1. The fraction of sp³-hybridized carbons (Fsp3) is 0.500. The van der Waals surface area contributed by atoms with E-state index in [1.807, 2.05) is 16.5 Å². The molecule has 4 rings (SSSR count). The molecule has 0 spiro atoms. The monoisotopic (exact) mass is 425 g/mol. The molecule has 1 N–H and O–H groups in total. The van der Waals surface area contributed by atoms with Crippen LogP contribution >= 0.6 is 0 Å². The van der Waals surface area contributed by atoms with Gasteiger partial charge in [-0.3, -0.25) is 4.79 Å². The van der Waals surface area contributed by atoms with Gasteiger partial charge in [0.2, 0.25) is 5.43 Å². The van der Waals surface area contributed by atoms with Gasteiger partial charge in [-0.1, -0.05) is 25.2 Å². The summed E-state index contributed by atoms with van der Waals surface area (Å²) in [5, 5.41) is 9.63. The first kappa shape index (κ1) is 21.4. The summed E-state index contributed by atoms with van der Waals surface area (Å²) in [7, 11) is 2.04. The van der Waals surface area contributed by atoms with E-state index in [4.69, 9.17) is 0 Å². The molecule has 1 aliphatic heterocycles. The van der Waals surface area contributed by atoms with Crippen LogP contribution in [0.3, 0.4) is 0 Å². The molecule has 164 valence electrons. The molecule has 1 aromatic heterocycles. The van der Waals surface area contributed by atoms with Crippen LogP contribution in [0.25, 0.3) is 10.9 Å². The summed E-state index contributed by atoms with van der Waals surface area (Å²) in [5.74, 6) is 4.55. The van der Waals surface area contributed by atoms with Crippen LogP contribution in [-0.4, -0.2) is 53.8 Å². The molecule has 0 radical (unpaired) electrons. The summed E-state index contributed by atoms with van der Waals surface area (Å²) >= 11 is 0. The molecule has 2 heterocycles. The van der Waals surface area contributed by atoms with Crippen LogP contribution in [0.15, 0.2) is 17.1 Å². The SMILES string of the molecule is CCCCC#Cc1c(N2CCN(C)CC2)c(F)cc2c(=O)c(C(=O)O)cn(C3CC3)c12. The fourth-order valence-corrected chi connectivity index (χ4v) is 4.14. The Morgan fingerprint density at radius 2 is 1.97 bits per heavy atom. The Bertz CT molecular complexity index is 1130. The van der Waals surface area contributed by atoms with E-state index in [9.17, 15) is 14.7 Å². The van der Waals surface area contributed by atoms with E-state index >= 15 is 4.39 Å². The van der Waals surface area contributed by atoms with Crippen molar-refractivity contribution < 1.29 is 14.3 Å². The summed E-state index contributed by atoms with van der Waals surface area (Å²) in [5.41, 5.74) is 0.533. The quantitative estimate of drug-likeness (QED) is 0.587. The van der Waals surface area contributed by atoms with Crippen molar-refractivity contribution in [1.82, 2.24) is 9.47 Å². The first-order valence-electron chi connectivity index (χ1n) is 11.0. The van der Waals surface area contributed by atoms with Crippen molar-refractivity contribution in [1.29, 1.82) is 0 Å². The summed E-state index contributed by atoms with van der Waals surface area (Å²) in [6.45, 7) is 5.06. The average molecular weight is 426 g/mol. The Balaban J connectivity index is 2.00. The third-order valence-corrected chi connectivity index (χ3v) is 6.10. The molecule has 1 saturated carbocycles. The Morgan fingerprint density at radius 1 is 1.26 bits per heavy atom. The molecule has 2 aliphatic rings. The number of anilines is 1. The molecule has 6 nitrogen and oxygen atoms in total. The summed E-state index contributed by atoms with van der Waals surface area (Å²) in [6.07, 6.45) is 5.88. The van der Waals surface area contributed by atoms with E-state index in [2.05, 4.69) is 23.7 Å². The number of aromatic carboxylic acids is 1. The van der Waals surface area contributed by atoms with Gasteiger partial charge in [0.15, 0.2) is 0 Å². The number of hydrogen-bond donors (Lipinski definition) is 1. The topological polar surface area (TPSA) is 65.8 Å². The average Bonchev–Trinajstić information content (AvgIpc) is 3.57. The smallest absolute Gasteiger partial charge is 0.341 e. The fourth-order valence-electron chi connectivity index (χ4n) is 4.14. The Hall–Kier alpha value is -2.85. The normalized spacial score (nSPS) is 16.9. The van der Waals surface area contributed by atoms with E-state index in [-0.39, 0.29) is 17.0 Å². The molecule has 0 unspecified atom stereocenters. The van der Waals surface area contributed by atoms with Crippen molar-refractivity contribution in [3.8, 4) is 11.8 Å². The molecular formula is C24H28FN3O3. The van der Waals surface area contributed by atoms with Crippen molar-refractivity contribution >= 4 is 22.6 Å². The molecule has 0 atom stereocenters. The zero-order valence-corrected chi connectivity index (χ0v) is 18.1. The number of rotatable bonds is 5. The number of halogens is 1. The largest absolute Gasteiger partial charge is 0.477 e.